The third kappa shape index (κ3) is 4.90. The highest BCUT2D eigenvalue weighted by Crippen LogP contribution is 2.28. The fourth-order valence-electron chi connectivity index (χ4n) is 3.05. The van der Waals surface area contributed by atoms with Crippen molar-refractivity contribution < 1.29 is 17.9 Å². The van der Waals surface area contributed by atoms with Gasteiger partial charge in [0.25, 0.3) is 0 Å². The number of amides is 1. The number of benzene rings is 2. The van der Waals surface area contributed by atoms with E-state index in [1.807, 2.05) is 30.3 Å². The van der Waals surface area contributed by atoms with Crippen molar-refractivity contribution in [1.29, 1.82) is 0 Å². The van der Waals surface area contributed by atoms with Gasteiger partial charge in [-0.2, -0.15) is 9.10 Å². The second kappa shape index (κ2) is 9.10. The van der Waals surface area contributed by atoms with Gasteiger partial charge in [-0.1, -0.05) is 41.9 Å². The van der Waals surface area contributed by atoms with Crippen LogP contribution in [0, 0.1) is 0 Å². The van der Waals surface area contributed by atoms with Crippen LogP contribution in [0.5, 0.6) is 0 Å². The predicted molar refractivity (Wildman–Crippen MR) is 113 cm³/mol. The lowest BCUT2D eigenvalue weighted by molar-refractivity contribution is -0.117. The average Bonchev–Trinajstić information content (AvgIpc) is 3.24. The van der Waals surface area contributed by atoms with E-state index in [0.717, 1.165) is 5.56 Å². The van der Waals surface area contributed by atoms with Crippen molar-refractivity contribution in [3.63, 3.8) is 0 Å². The lowest BCUT2D eigenvalue weighted by Gasteiger charge is -2.26. The zero-order chi connectivity index (χ0) is 21.8. The molecule has 1 fully saturated rings. The van der Waals surface area contributed by atoms with Gasteiger partial charge in [0.1, 0.15) is 11.4 Å². The Bertz CT molecular complexity index is 1180. The van der Waals surface area contributed by atoms with Gasteiger partial charge in [-0.3, -0.25) is 4.79 Å². The second-order valence-corrected chi connectivity index (χ2v) is 9.03. The molecule has 0 spiro atoms. The van der Waals surface area contributed by atoms with E-state index in [1.54, 1.807) is 0 Å². The Morgan fingerprint density at radius 3 is 2.61 bits per heavy atom. The number of rotatable bonds is 6. The number of hydrogen-bond donors (Lipinski definition) is 1. The maximum Gasteiger partial charge on any atom is 0.248 e. The summed E-state index contributed by atoms with van der Waals surface area (Å²) in [6, 6.07) is 13.6. The predicted octanol–water partition coefficient (Wildman–Crippen LogP) is 1.65. The summed E-state index contributed by atoms with van der Waals surface area (Å²) >= 11 is 6.15. The molecule has 0 atom stereocenters. The number of ether oxygens (including phenoxy) is 1. The molecular formula is C19H19ClN6O4S. The van der Waals surface area contributed by atoms with E-state index in [-0.39, 0.29) is 29.6 Å². The number of anilines is 1. The van der Waals surface area contributed by atoms with E-state index >= 15 is 0 Å². The van der Waals surface area contributed by atoms with Crippen LogP contribution in [0.3, 0.4) is 0 Å². The molecule has 0 unspecified atom stereocenters. The highest BCUT2D eigenvalue weighted by atomic mass is 35.5. The fourth-order valence-corrected chi connectivity index (χ4v) is 4.96. The number of carbonyl (C=O) groups is 1. The van der Waals surface area contributed by atoms with Gasteiger partial charge >= 0.3 is 0 Å². The maximum absolute atomic E-state index is 12.9. The highest BCUT2D eigenvalue weighted by molar-refractivity contribution is 7.89. The SMILES string of the molecule is O=C(Cn1nnc(-c2ccccc2)n1)Nc1ccc(Cl)c(S(=O)(=O)N2CCOCC2)c1. The molecule has 1 saturated heterocycles. The van der Waals surface area contributed by atoms with Crippen LogP contribution < -0.4 is 5.32 Å². The Kier molecular flexibility index (Phi) is 6.28. The van der Waals surface area contributed by atoms with E-state index in [0.29, 0.717) is 24.7 Å². The number of hydrogen-bond acceptors (Lipinski definition) is 7. The standard InChI is InChI=1S/C19H19ClN6O4S/c20-16-7-6-15(12-17(16)31(28,29)25-8-10-30-11-9-25)21-18(27)13-26-23-19(22-24-26)14-4-2-1-3-5-14/h1-7,12H,8-11,13H2,(H,21,27). The lowest BCUT2D eigenvalue weighted by atomic mass is 10.2. The first-order chi connectivity index (χ1) is 14.9. The molecule has 10 nitrogen and oxygen atoms in total. The van der Waals surface area contributed by atoms with Gasteiger partial charge in [0, 0.05) is 24.3 Å². The molecule has 0 aliphatic carbocycles. The summed E-state index contributed by atoms with van der Waals surface area (Å²) in [4.78, 5) is 13.5. The minimum atomic E-state index is -3.81. The van der Waals surface area contributed by atoms with Gasteiger partial charge in [0.2, 0.25) is 21.8 Å². The van der Waals surface area contributed by atoms with Crippen LogP contribution >= 0.6 is 11.6 Å². The second-order valence-electron chi connectivity index (χ2n) is 6.72. The summed E-state index contributed by atoms with van der Waals surface area (Å²) in [5, 5.41) is 14.8. The molecular weight excluding hydrogens is 444 g/mol. The van der Waals surface area contributed by atoms with E-state index < -0.39 is 15.9 Å². The first-order valence-electron chi connectivity index (χ1n) is 9.44. The minimum Gasteiger partial charge on any atom is -0.379 e. The summed E-state index contributed by atoms with van der Waals surface area (Å²) in [6.45, 7) is 0.953. The zero-order valence-corrected chi connectivity index (χ0v) is 17.9. The average molecular weight is 463 g/mol. The Labute approximate surface area is 183 Å². The molecule has 0 bridgehead atoms. The number of tetrazole rings is 1. The van der Waals surface area contributed by atoms with Crippen LogP contribution in [0.15, 0.2) is 53.4 Å². The Balaban J connectivity index is 1.47. The number of sulfonamides is 1. The third-order valence-electron chi connectivity index (χ3n) is 4.57. The Morgan fingerprint density at radius 2 is 1.87 bits per heavy atom. The molecule has 162 valence electrons. The molecule has 2 heterocycles. The van der Waals surface area contributed by atoms with E-state index in [4.69, 9.17) is 16.3 Å². The van der Waals surface area contributed by atoms with Crippen molar-refractivity contribution in [3.8, 4) is 11.4 Å². The first kappa shape index (κ1) is 21.4. The molecule has 3 aromatic rings. The smallest absolute Gasteiger partial charge is 0.248 e. The number of morpholine rings is 1. The first-order valence-corrected chi connectivity index (χ1v) is 11.3. The quantitative estimate of drug-likeness (QED) is 0.591. The number of nitrogens with zero attached hydrogens (tertiary/aromatic N) is 5. The maximum atomic E-state index is 12.9. The summed E-state index contributed by atoms with van der Waals surface area (Å²) in [5.41, 5.74) is 1.08. The van der Waals surface area contributed by atoms with Crippen LogP contribution in [-0.4, -0.2) is 65.1 Å². The molecule has 1 aliphatic heterocycles. The van der Waals surface area contributed by atoms with E-state index in [2.05, 4.69) is 20.7 Å². The monoisotopic (exact) mass is 462 g/mol. The van der Waals surface area contributed by atoms with Crippen LogP contribution in [0.4, 0.5) is 5.69 Å². The van der Waals surface area contributed by atoms with Crippen LogP contribution in [0.1, 0.15) is 0 Å². The molecule has 0 radical (unpaired) electrons. The summed E-state index contributed by atoms with van der Waals surface area (Å²) < 4.78 is 32.4. The largest absolute Gasteiger partial charge is 0.379 e. The van der Waals surface area contributed by atoms with Gasteiger partial charge in [-0.25, -0.2) is 8.42 Å². The van der Waals surface area contributed by atoms with Gasteiger partial charge in [0.05, 0.1) is 18.2 Å². The summed E-state index contributed by atoms with van der Waals surface area (Å²) in [5.74, 6) is -0.0344. The van der Waals surface area contributed by atoms with Crippen LogP contribution in [0.2, 0.25) is 5.02 Å². The molecule has 1 aliphatic rings. The minimum absolute atomic E-state index is 0.0703. The van der Waals surface area contributed by atoms with Crippen molar-refractivity contribution in [1.82, 2.24) is 24.5 Å². The molecule has 2 aromatic carbocycles. The molecule has 1 amide bonds. The number of aromatic nitrogens is 4. The Hall–Kier alpha value is -2.86. The number of nitrogens with one attached hydrogen (secondary N) is 1. The zero-order valence-electron chi connectivity index (χ0n) is 16.3. The number of halogens is 1. The van der Waals surface area contributed by atoms with Crippen LogP contribution in [-0.2, 0) is 26.1 Å². The topological polar surface area (TPSA) is 119 Å². The molecule has 0 saturated carbocycles. The van der Waals surface area contributed by atoms with Gasteiger partial charge in [-0.15, -0.1) is 10.2 Å². The molecule has 1 N–H and O–H groups in total. The van der Waals surface area contributed by atoms with Crippen molar-refractivity contribution in [2.75, 3.05) is 31.6 Å². The van der Waals surface area contributed by atoms with E-state index in [1.165, 1.54) is 27.3 Å². The normalized spacial score (nSPS) is 15.0. The third-order valence-corrected chi connectivity index (χ3v) is 6.95. The van der Waals surface area contributed by atoms with Gasteiger partial charge in [0.15, 0.2) is 0 Å². The van der Waals surface area contributed by atoms with Crippen molar-refractivity contribution >= 4 is 33.2 Å². The summed E-state index contributed by atoms with van der Waals surface area (Å²) in [7, 11) is -3.81. The fraction of sp³-hybridized carbons (Fsp3) is 0.263. The van der Waals surface area contributed by atoms with Crippen LogP contribution in [0.25, 0.3) is 11.4 Å². The van der Waals surface area contributed by atoms with Crippen molar-refractivity contribution in [3.05, 3.63) is 53.6 Å². The van der Waals surface area contributed by atoms with Gasteiger partial charge < -0.3 is 10.1 Å². The highest BCUT2D eigenvalue weighted by Gasteiger charge is 2.28. The van der Waals surface area contributed by atoms with E-state index in [9.17, 15) is 13.2 Å². The summed E-state index contributed by atoms with van der Waals surface area (Å²) in [6.07, 6.45) is 0. The number of carbonyl (C=O) groups excluding carboxylic acids is 1. The Morgan fingerprint density at radius 1 is 1.13 bits per heavy atom. The molecule has 1 aromatic heterocycles. The molecule has 12 heteroatoms. The molecule has 31 heavy (non-hydrogen) atoms. The van der Waals surface area contributed by atoms with Crippen molar-refractivity contribution in [2.24, 2.45) is 0 Å². The lowest BCUT2D eigenvalue weighted by Crippen LogP contribution is -2.40. The van der Waals surface area contributed by atoms with Gasteiger partial charge in [-0.05, 0) is 23.4 Å². The van der Waals surface area contributed by atoms with Crippen molar-refractivity contribution in [2.45, 2.75) is 11.4 Å². The molecule has 4 rings (SSSR count).